The molecule has 0 saturated heterocycles. The van der Waals surface area contributed by atoms with Crippen molar-refractivity contribution in [3.05, 3.63) is 71.5 Å². The van der Waals surface area contributed by atoms with Gasteiger partial charge in [-0.15, -0.1) is 0 Å². The quantitative estimate of drug-likeness (QED) is 0.516. The first kappa shape index (κ1) is 16.3. The van der Waals surface area contributed by atoms with Gasteiger partial charge in [0.05, 0.1) is 27.7 Å². The Balaban J connectivity index is 1.56. The lowest BCUT2D eigenvalue weighted by Crippen LogP contribution is -2.27. The number of benzene rings is 3. The second-order valence-electron chi connectivity index (χ2n) is 6.14. The van der Waals surface area contributed by atoms with Gasteiger partial charge < -0.3 is 4.52 Å². The van der Waals surface area contributed by atoms with Gasteiger partial charge in [-0.2, -0.15) is 4.98 Å². The lowest BCUT2D eigenvalue weighted by molar-refractivity contribution is 0.423. The number of rotatable bonds is 3. The molecule has 3 aromatic carbocycles. The van der Waals surface area contributed by atoms with E-state index in [-0.39, 0.29) is 18.3 Å². The summed E-state index contributed by atoms with van der Waals surface area (Å²) < 4.78 is 32.6. The van der Waals surface area contributed by atoms with E-state index in [4.69, 9.17) is 16.1 Å². The molecule has 0 bridgehead atoms. The second-order valence-corrected chi connectivity index (χ2v) is 8.38. The maximum Gasteiger partial charge on any atom is 0.265 e. The molecule has 0 N–H and O–H groups in total. The van der Waals surface area contributed by atoms with Crippen LogP contribution in [0, 0.1) is 0 Å². The van der Waals surface area contributed by atoms with Gasteiger partial charge in [0, 0.05) is 5.39 Å². The van der Waals surface area contributed by atoms with Crippen LogP contribution in [0.25, 0.3) is 22.2 Å². The molecule has 0 spiro atoms. The third kappa shape index (κ3) is 2.43. The van der Waals surface area contributed by atoms with Crippen molar-refractivity contribution in [1.82, 2.24) is 10.1 Å². The average Bonchev–Trinajstić information content (AvgIpc) is 3.21. The Bertz CT molecular complexity index is 1300. The van der Waals surface area contributed by atoms with Crippen molar-refractivity contribution in [1.29, 1.82) is 0 Å². The Kier molecular flexibility index (Phi) is 3.50. The zero-order chi connectivity index (χ0) is 18.6. The van der Waals surface area contributed by atoms with Gasteiger partial charge in [0.25, 0.3) is 15.9 Å². The first-order valence-electron chi connectivity index (χ1n) is 8.18. The van der Waals surface area contributed by atoms with Crippen LogP contribution < -0.4 is 4.31 Å². The van der Waals surface area contributed by atoms with Gasteiger partial charge >= 0.3 is 0 Å². The topological polar surface area (TPSA) is 76.3 Å². The molecule has 1 aromatic heterocycles. The Morgan fingerprint density at radius 3 is 2.59 bits per heavy atom. The van der Waals surface area contributed by atoms with E-state index < -0.39 is 10.0 Å². The highest BCUT2D eigenvalue weighted by molar-refractivity contribution is 7.93. The van der Waals surface area contributed by atoms with E-state index in [0.29, 0.717) is 21.2 Å². The minimum Gasteiger partial charge on any atom is -0.334 e. The van der Waals surface area contributed by atoms with Crippen molar-refractivity contribution in [3.63, 3.8) is 0 Å². The molecule has 1 aliphatic rings. The lowest BCUT2D eigenvalue weighted by Gasteiger charge is -2.16. The third-order valence-corrected chi connectivity index (χ3v) is 6.67. The van der Waals surface area contributed by atoms with E-state index in [0.717, 1.165) is 10.8 Å². The normalized spacial score (nSPS) is 14.8. The van der Waals surface area contributed by atoms with E-state index in [9.17, 15) is 8.42 Å². The first-order valence-corrected chi connectivity index (χ1v) is 9.99. The molecule has 0 atom stereocenters. The average molecular weight is 398 g/mol. The highest BCUT2D eigenvalue weighted by Gasteiger charge is 2.36. The van der Waals surface area contributed by atoms with Crippen LogP contribution in [0.15, 0.2) is 70.1 Å². The number of halogens is 1. The molecule has 0 saturated carbocycles. The van der Waals surface area contributed by atoms with Crippen LogP contribution in [-0.4, -0.2) is 18.6 Å². The fourth-order valence-corrected chi connectivity index (χ4v) is 5.20. The number of hydrogen-bond acceptors (Lipinski definition) is 5. The molecule has 27 heavy (non-hydrogen) atoms. The fourth-order valence-electron chi connectivity index (χ4n) is 3.32. The highest BCUT2D eigenvalue weighted by atomic mass is 35.5. The number of anilines is 1. The van der Waals surface area contributed by atoms with Crippen molar-refractivity contribution < 1.29 is 12.9 Å². The molecule has 0 aliphatic carbocycles. The van der Waals surface area contributed by atoms with Crippen molar-refractivity contribution >= 4 is 38.1 Å². The van der Waals surface area contributed by atoms with E-state index in [1.54, 1.807) is 36.4 Å². The Hall–Kier alpha value is -2.90. The van der Waals surface area contributed by atoms with Gasteiger partial charge in [0.1, 0.15) is 0 Å². The summed E-state index contributed by atoms with van der Waals surface area (Å²) in [7, 11) is -3.67. The molecule has 8 heteroatoms. The zero-order valence-electron chi connectivity index (χ0n) is 13.8. The van der Waals surface area contributed by atoms with Crippen LogP contribution in [0.1, 0.15) is 5.82 Å². The van der Waals surface area contributed by atoms with E-state index in [2.05, 4.69) is 10.1 Å². The number of aromatic nitrogens is 2. The van der Waals surface area contributed by atoms with Crippen LogP contribution in [0.2, 0.25) is 5.02 Å². The Morgan fingerprint density at radius 1 is 1.00 bits per heavy atom. The fraction of sp³-hybridized carbons (Fsp3) is 0.0526. The molecule has 0 radical (unpaired) electrons. The SMILES string of the molecule is O=S1(=O)c2cccc3cccc(c23)N1Cc1noc(-c2ccccc2Cl)n1. The molecular weight excluding hydrogens is 386 g/mol. The van der Waals surface area contributed by atoms with E-state index in [1.807, 2.05) is 24.3 Å². The second kappa shape index (κ2) is 5.80. The van der Waals surface area contributed by atoms with Crippen LogP contribution in [0.4, 0.5) is 5.69 Å². The molecule has 1 aliphatic heterocycles. The van der Waals surface area contributed by atoms with Gasteiger partial charge in [-0.05, 0) is 29.7 Å². The van der Waals surface area contributed by atoms with Gasteiger partial charge in [0.15, 0.2) is 5.82 Å². The summed E-state index contributed by atoms with van der Waals surface area (Å²) in [5.74, 6) is 0.515. The molecule has 6 nitrogen and oxygen atoms in total. The van der Waals surface area contributed by atoms with Gasteiger partial charge in [-0.3, -0.25) is 4.31 Å². The molecule has 2 heterocycles. The van der Waals surface area contributed by atoms with Crippen molar-refractivity contribution in [2.45, 2.75) is 11.4 Å². The summed E-state index contributed by atoms with van der Waals surface area (Å²) in [6, 6.07) is 17.9. The monoisotopic (exact) mass is 397 g/mol. The summed E-state index contributed by atoms with van der Waals surface area (Å²) in [6.45, 7) is -0.0237. The molecule has 0 amide bonds. The standard InChI is InChI=1S/C19H12ClN3O3S/c20-14-8-2-1-7-13(14)19-21-17(22-26-19)11-23-15-9-3-5-12-6-4-10-16(18(12)15)27(23,24)25/h1-10H,11H2. The van der Waals surface area contributed by atoms with Gasteiger partial charge in [-0.25, -0.2) is 8.42 Å². The van der Waals surface area contributed by atoms with Crippen molar-refractivity contribution in [2.24, 2.45) is 0 Å². The van der Waals surface area contributed by atoms with E-state index in [1.165, 1.54) is 4.31 Å². The molecule has 4 aromatic rings. The summed E-state index contributed by atoms with van der Waals surface area (Å²) in [5, 5.41) is 6.02. The Labute approximate surface area is 160 Å². The van der Waals surface area contributed by atoms with Crippen LogP contribution in [0.5, 0.6) is 0 Å². The molecule has 0 unspecified atom stereocenters. The zero-order valence-corrected chi connectivity index (χ0v) is 15.4. The smallest absolute Gasteiger partial charge is 0.265 e. The van der Waals surface area contributed by atoms with Crippen molar-refractivity contribution in [2.75, 3.05) is 4.31 Å². The minimum atomic E-state index is -3.67. The predicted octanol–water partition coefficient (Wildman–Crippen LogP) is 4.25. The van der Waals surface area contributed by atoms with Gasteiger partial charge in [-0.1, -0.05) is 53.2 Å². The molecule has 134 valence electrons. The summed E-state index contributed by atoms with van der Waals surface area (Å²) in [6.07, 6.45) is 0. The lowest BCUT2D eigenvalue weighted by atomic mass is 10.1. The van der Waals surface area contributed by atoms with E-state index >= 15 is 0 Å². The Morgan fingerprint density at radius 2 is 1.78 bits per heavy atom. The number of sulfonamides is 1. The maximum absolute atomic E-state index is 13.0. The summed E-state index contributed by atoms with van der Waals surface area (Å²) in [4.78, 5) is 4.63. The first-order chi connectivity index (χ1) is 13.1. The van der Waals surface area contributed by atoms with Crippen LogP contribution in [0.3, 0.4) is 0 Å². The molecular formula is C19H12ClN3O3S. The van der Waals surface area contributed by atoms with Crippen LogP contribution in [-0.2, 0) is 16.6 Å². The largest absolute Gasteiger partial charge is 0.334 e. The number of nitrogens with zero attached hydrogens (tertiary/aromatic N) is 3. The predicted molar refractivity (Wildman–Crippen MR) is 102 cm³/mol. The third-order valence-electron chi connectivity index (χ3n) is 4.54. The van der Waals surface area contributed by atoms with Gasteiger partial charge in [0.2, 0.25) is 0 Å². The number of hydrogen-bond donors (Lipinski definition) is 0. The highest BCUT2D eigenvalue weighted by Crippen LogP contribution is 2.42. The van der Waals surface area contributed by atoms with Crippen LogP contribution >= 0.6 is 11.6 Å². The molecule has 0 fully saturated rings. The van der Waals surface area contributed by atoms with Crippen molar-refractivity contribution in [3.8, 4) is 11.5 Å². The summed E-state index contributed by atoms with van der Waals surface area (Å²) >= 11 is 6.16. The summed E-state index contributed by atoms with van der Waals surface area (Å²) in [5.41, 5.74) is 1.22. The molecule has 5 rings (SSSR count). The maximum atomic E-state index is 13.0. The minimum absolute atomic E-state index is 0.0237.